The third-order valence-corrected chi connectivity index (χ3v) is 1.05. The van der Waals surface area contributed by atoms with Crippen LogP contribution in [0.2, 0.25) is 0 Å². The Kier molecular flexibility index (Phi) is 1.95. The fourth-order valence-corrected chi connectivity index (χ4v) is 0.129. The molecule has 0 unspecified atom stereocenters. The molecule has 3 heteroatoms. The summed E-state index contributed by atoms with van der Waals surface area (Å²) in [6, 6.07) is 0. The first-order valence-corrected chi connectivity index (χ1v) is 2.36. The van der Waals surface area contributed by atoms with Gasteiger partial charge in [0.05, 0.1) is 0 Å². The second-order valence-electron chi connectivity index (χ2n) is 1.84. The van der Waals surface area contributed by atoms with Crippen LogP contribution in [0, 0.1) is 24.0 Å². The Morgan fingerprint density at radius 3 is 2.12 bits per heavy atom. The molecule has 0 saturated heterocycles. The molecule has 0 spiro atoms. The van der Waals surface area contributed by atoms with Gasteiger partial charge in [-0.05, 0) is 0 Å². The molecule has 0 N–H and O–H groups in total. The van der Waals surface area contributed by atoms with E-state index >= 15 is 0 Å². The third-order valence-electron chi connectivity index (χ3n) is 1.05. The summed E-state index contributed by atoms with van der Waals surface area (Å²) in [6.07, 6.45) is 0.361. The summed E-state index contributed by atoms with van der Waals surface area (Å²) in [5.41, 5.74) is -1.24. The number of hydrogen-bond donors (Lipinski definition) is 0. The molecule has 0 saturated carbocycles. The van der Waals surface area contributed by atoms with Crippen LogP contribution in [0.3, 0.4) is 0 Å². The average molecular weight is 115 g/mol. The first kappa shape index (κ1) is 7.40. The minimum absolute atomic E-state index is 0.361. The first-order valence-electron chi connectivity index (χ1n) is 2.36. The zero-order valence-corrected chi connectivity index (χ0v) is 4.89. The summed E-state index contributed by atoms with van der Waals surface area (Å²) in [5.74, 6) is 0. The van der Waals surface area contributed by atoms with Gasteiger partial charge in [0, 0.05) is 25.2 Å². The normalized spacial score (nSPS) is 11.4. The van der Waals surface area contributed by atoms with Crippen molar-refractivity contribution in [2.45, 2.75) is 18.9 Å². The smallest absolute Gasteiger partial charge is 0.222 e. The van der Waals surface area contributed by atoms with Gasteiger partial charge < -0.3 is 0 Å². The molecule has 0 heterocycles. The maximum absolute atomic E-state index is 9.93. The summed E-state index contributed by atoms with van der Waals surface area (Å²) < 4.78 is 0. The van der Waals surface area contributed by atoms with E-state index in [-0.39, 0.29) is 0 Å². The maximum Gasteiger partial charge on any atom is 0.222 e. The molecule has 0 atom stereocenters. The van der Waals surface area contributed by atoms with Gasteiger partial charge in [-0.2, -0.15) is 0 Å². The van der Waals surface area contributed by atoms with Crippen LogP contribution in [-0.4, -0.2) is 10.5 Å². The van der Waals surface area contributed by atoms with Gasteiger partial charge >= 0.3 is 0 Å². The largest absolute Gasteiger partial charge is 0.264 e. The van der Waals surface area contributed by atoms with Crippen LogP contribution >= 0.6 is 0 Å². The fraction of sp³-hybridized carbons (Fsp3) is 0.600. The molecule has 3 nitrogen and oxygen atoms in total. The van der Waals surface area contributed by atoms with Gasteiger partial charge in [0.15, 0.2) is 0 Å². The molecular weight excluding hydrogens is 106 g/mol. The van der Waals surface area contributed by atoms with E-state index in [4.69, 9.17) is 0 Å². The third kappa shape index (κ3) is 1.48. The van der Waals surface area contributed by atoms with Gasteiger partial charge in [0.25, 0.3) is 0 Å². The summed E-state index contributed by atoms with van der Waals surface area (Å²) in [7, 11) is 0. The van der Waals surface area contributed by atoms with E-state index < -0.39 is 10.5 Å². The van der Waals surface area contributed by atoms with Crippen molar-refractivity contribution in [3.05, 3.63) is 24.0 Å². The number of nitrogens with zero attached hydrogens (tertiary/aromatic N) is 1. The van der Waals surface area contributed by atoms with E-state index in [1.165, 1.54) is 0 Å². The van der Waals surface area contributed by atoms with Gasteiger partial charge in [0.2, 0.25) is 5.54 Å². The Morgan fingerprint density at radius 2 is 2.12 bits per heavy atom. The van der Waals surface area contributed by atoms with Crippen LogP contribution in [-0.2, 0) is 0 Å². The van der Waals surface area contributed by atoms with Crippen molar-refractivity contribution in [1.29, 1.82) is 0 Å². The Bertz CT molecular complexity index is 98.6. The van der Waals surface area contributed by atoms with Crippen LogP contribution < -0.4 is 0 Å². The fourth-order valence-electron chi connectivity index (χ4n) is 0.129. The Labute approximate surface area is 48.9 Å². The van der Waals surface area contributed by atoms with Crippen molar-refractivity contribution < 1.29 is 4.92 Å². The molecule has 8 heavy (non-hydrogen) atoms. The van der Waals surface area contributed by atoms with E-state index in [0.717, 1.165) is 0 Å². The van der Waals surface area contributed by atoms with Gasteiger partial charge in [-0.25, -0.2) is 0 Å². The molecule has 0 aliphatic carbocycles. The van der Waals surface area contributed by atoms with E-state index in [1.54, 1.807) is 6.92 Å². The molecule has 0 bridgehead atoms. The molecule has 46 valence electrons. The van der Waals surface area contributed by atoms with E-state index in [1.807, 2.05) is 0 Å². The molecule has 0 aromatic rings. The van der Waals surface area contributed by atoms with Gasteiger partial charge in [-0.3, -0.25) is 10.1 Å². The van der Waals surface area contributed by atoms with Gasteiger partial charge in [-0.1, -0.05) is 6.92 Å². The lowest BCUT2D eigenvalue weighted by atomic mass is 10.0. The number of nitro groups is 1. The quantitative estimate of drug-likeness (QED) is 0.399. The number of hydrogen-bond acceptors (Lipinski definition) is 2. The lowest BCUT2D eigenvalue weighted by Crippen LogP contribution is -2.30. The average Bonchev–Trinajstić information content (AvgIpc) is 1.67. The van der Waals surface area contributed by atoms with Crippen LogP contribution in [0.25, 0.3) is 0 Å². The molecule has 0 aliphatic rings. The minimum atomic E-state index is -1.24. The predicted molar refractivity (Wildman–Crippen MR) is 30.7 cm³/mol. The molecule has 0 amide bonds. The lowest BCUT2D eigenvalue weighted by Gasteiger charge is -2.10. The first-order chi connectivity index (χ1) is 3.50. The molecular formula is C5H9NO2. The highest BCUT2D eigenvalue weighted by molar-refractivity contribution is 4.82. The Hall–Kier alpha value is -0.600. The Morgan fingerprint density at radius 1 is 1.75 bits per heavy atom. The number of rotatable bonds is 2. The highest BCUT2D eigenvalue weighted by Gasteiger charge is 2.27. The van der Waals surface area contributed by atoms with Crippen molar-refractivity contribution in [2.24, 2.45) is 0 Å². The molecule has 0 aromatic carbocycles. The molecule has 0 aromatic heterocycles. The van der Waals surface area contributed by atoms with Crippen molar-refractivity contribution in [1.82, 2.24) is 0 Å². The molecule has 0 fully saturated rings. The van der Waals surface area contributed by atoms with Crippen LogP contribution in [0.5, 0.6) is 0 Å². The van der Waals surface area contributed by atoms with E-state index in [0.29, 0.717) is 6.42 Å². The van der Waals surface area contributed by atoms with Crippen molar-refractivity contribution >= 4 is 0 Å². The SMILES string of the molecule is [CH2]C([CH2])(CC)[N+](=O)[O-]. The summed E-state index contributed by atoms with van der Waals surface area (Å²) in [4.78, 5) is 9.45. The highest BCUT2D eigenvalue weighted by Crippen LogP contribution is 2.09. The predicted octanol–water partition coefficient (Wildman–Crippen LogP) is 1.08. The summed E-state index contributed by atoms with van der Waals surface area (Å²) >= 11 is 0. The van der Waals surface area contributed by atoms with Crippen molar-refractivity contribution in [3.63, 3.8) is 0 Å². The zero-order chi connectivity index (χ0) is 6.78. The van der Waals surface area contributed by atoms with Crippen LogP contribution in [0.4, 0.5) is 0 Å². The minimum Gasteiger partial charge on any atom is -0.264 e. The van der Waals surface area contributed by atoms with Gasteiger partial charge in [-0.15, -0.1) is 0 Å². The Balaban J connectivity index is 3.91. The highest BCUT2D eigenvalue weighted by atomic mass is 16.6. The van der Waals surface area contributed by atoms with Crippen LogP contribution in [0.1, 0.15) is 13.3 Å². The van der Waals surface area contributed by atoms with E-state index in [2.05, 4.69) is 13.8 Å². The molecule has 2 radical (unpaired) electrons. The second-order valence-corrected chi connectivity index (χ2v) is 1.84. The second kappa shape index (κ2) is 2.11. The van der Waals surface area contributed by atoms with Crippen molar-refractivity contribution in [2.75, 3.05) is 0 Å². The zero-order valence-electron chi connectivity index (χ0n) is 4.89. The molecule has 0 rings (SSSR count). The van der Waals surface area contributed by atoms with Crippen LogP contribution in [0.15, 0.2) is 0 Å². The maximum atomic E-state index is 9.93. The van der Waals surface area contributed by atoms with Gasteiger partial charge in [0.1, 0.15) is 0 Å². The monoisotopic (exact) mass is 115 g/mol. The molecule has 0 aliphatic heterocycles. The topological polar surface area (TPSA) is 43.1 Å². The standard InChI is InChI=1S/C5H9NO2/c1-4-5(2,3)6(7)8/h2-4H2,1H3. The van der Waals surface area contributed by atoms with Crippen molar-refractivity contribution in [3.8, 4) is 0 Å². The summed E-state index contributed by atoms with van der Waals surface area (Å²) in [6.45, 7) is 8.24. The summed E-state index contributed by atoms with van der Waals surface area (Å²) in [5, 5.41) is 9.93. The lowest BCUT2D eigenvalue weighted by molar-refractivity contribution is -0.543. The van der Waals surface area contributed by atoms with E-state index in [9.17, 15) is 10.1 Å².